The Labute approximate surface area is 195 Å². The second kappa shape index (κ2) is 8.72. The number of aliphatic imine (C=N–C) groups is 1. The fourth-order valence-corrected chi connectivity index (χ4v) is 5.55. The van der Waals surface area contributed by atoms with Gasteiger partial charge in [0.15, 0.2) is 0 Å². The SMILES string of the molecule is CC(C)(C)c1cc2c(s1)Nc1ccccc1N=C2N1CCNC(CCc2ccccc2)C1. The Bertz CT molecular complexity index is 1110. The quantitative estimate of drug-likeness (QED) is 0.514. The van der Waals surface area contributed by atoms with Crippen molar-refractivity contribution in [2.24, 2.45) is 4.99 Å². The molecule has 4 nitrogen and oxygen atoms in total. The predicted octanol–water partition coefficient (Wildman–Crippen LogP) is 6.09. The van der Waals surface area contributed by atoms with E-state index in [1.54, 1.807) is 0 Å². The van der Waals surface area contributed by atoms with E-state index in [4.69, 9.17) is 4.99 Å². The molecule has 1 fully saturated rings. The second-order valence-electron chi connectivity index (χ2n) is 9.80. The summed E-state index contributed by atoms with van der Waals surface area (Å²) in [6.45, 7) is 9.80. The lowest BCUT2D eigenvalue weighted by molar-refractivity contribution is 0.282. The normalized spacial score (nSPS) is 18.3. The molecule has 2 aliphatic heterocycles. The monoisotopic (exact) mass is 444 g/mol. The molecule has 0 aliphatic carbocycles. The molecule has 0 bridgehead atoms. The lowest BCUT2D eigenvalue weighted by Gasteiger charge is -2.36. The Morgan fingerprint density at radius 1 is 1.06 bits per heavy atom. The topological polar surface area (TPSA) is 39.7 Å². The van der Waals surface area contributed by atoms with Gasteiger partial charge in [-0.05, 0) is 42.0 Å². The van der Waals surface area contributed by atoms with Gasteiger partial charge in [-0.15, -0.1) is 11.3 Å². The van der Waals surface area contributed by atoms with Crippen LogP contribution in [0.15, 0.2) is 65.7 Å². The molecule has 166 valence electrons. The molecule has 1 aromatic heterocycles. The minimum atomic E-state index is 0.116. The van der Waals surface area contributed by atoms with Crippen molar-refractivity contribution in [2.75, 3.05) is 25.0 Å². The van der Waals surface area contributed by atoms with E-state index in [-0.39, 0.29) is 5.41 Å². The van der Waals surface area contributed by atoms with Gasteiger partial charge in [-0.1, -0.05) is 63.2 Å². The van der Waals surface area contributed by atoms with Crippen LogP contribution in [0, 0.1) is 0 Å². The molecular weight excluding hydrogens is 412 g/mol. The lowest BCUT2D eigenvalue weighted by Crippen LogP contribution is -2.52. The zero-order valence-corrected chi connectivity index (χ0v) is 20.0. The number of hydrogen-bond donors (Lipinski definition) is 2. The Kier molecular flexibility index (Phi) is 5.78. The van der Waals surface area contributed by atoms with Crippen LogP contribution in [-0.4, -0.2) is 36.4 Å². The number of thiophene rings is 1. The number of fused-ring (bicyclic) bond motifs is 2. The van der Waals surface area contributed by atoms with E-state index < -0.39 is 0 Å². The maximum absolute atomic E-state index is 5.21. The minimum Gasteiger partial charge on any atom is -0.353 e. The number of benzene rings is 2. The molecule has 0 radical (unpaired) electrons. The van der Waals surface area contributed by atoms with E-state index in [0.717, 1.165) is 49.7 Å². The molecule has 0 saturated carbocycles. The summed E-state index contributed by atoms with van der Waals surface area (Å²) in [6.07, 6.45) is 2.23. The summed E-state index contributed by atoms with van der Waals surface area (Å²) in [5.41, 5.74) is 4.86. The molecule has 5 rings (SSSR count). The van der Waals surface area contributed by atoms with Gasteiger partial charge in [0, 0.05) is 30.6 Å². The number of para-hydroxylation sites is 2. The van der Waals surface area contributed by atoms with Crippen LogP contribution >= 0.6 is 11.3 Å². The van der Waals surface area contributed by atoms with Crippen molar-refractivity contribution < 1.29 is 0 Å². The smallest absolute Gasteiger partial charge is 0.139 e. The molecule has 3 heterocycles. The van der Waals surface area contributed by atoms with Crippen LogP contribution in [-0.2, 0) is 11.8 Å². The van der Waals surface area contributed by atoms with Crippen LogP contribution in [0.25, 0.3) is 0 Å². The van der Waals surface area contributed by atoms with Gasteiger partial charge >= 0.3 is 0 Å². The fraction of sp³-hybridized carbons (Fsp3) is 0.370. The van der Waals surface area contributed by atoms with Crippen molar-refractivity contribution >= 4 is 33.5 Å². The maximum atomic E-state index is 5.21. The second-order valence-corrected chi connectivity index (χ2v) is 10.9. The minimum absolute atomic E-state index is 0.116. The van der Waals surface area contributed by atoms with E-state index >= 15 is 0 Å². The van der Waals surface area contributed by atoms with Gasteiger partial charge in [0.2, 0.25) is 0 Å². The van der Waals surface area contributed by atoms with Gasteiger partial charge in [-0.25, -0.2) is 4.99 Å². The van der Waals surface area contributed by atoms with E-state index in [2.05, 4.69) is 97.0 Å². The van der Waals surface area contributed by atoms with Crippen LogP contribution in [0.3, 0.4) is 0 Å². The summed E-state index contributed by atoms with van der Waals surface area (Å²) >= 11 is 1.86. The van der Waals surface area contributed by atoms with Crippen molar-refractivity contribution in [2.45, 2.75) is 45.1 Å². The number of amidine groups is 1. The van der Waals surface area contributed by atoms with Crippen molar-refractivity contribution in [1.82, 2.24) is 10.2 Å². The number of hydrogen-bond acceptors (Lipinski definition) is 5. The summed E-state index contributed by atoms with van der Waals surface area (Å²) in [5, 5.41) is 8.63. The van der Waals surface area contributed by atoms with Crippen molar-refractivity contribution in [3.8, 4) is 0 Å². The average Bonchev–Trinajstić information content (AvgIpc) is 3.15. The summed E-state index contributed by atoms with van der Waals surface area (Å²) in [6, 6.07) is 22.0. The fourth-order valence-electron chi connectivity index (χ4n) is 4.43. The molecule has 2 aliphatic rings. The Hall–Kier alpha value is -2.63. The van der Waals surface area contributed by atoms with Crippen molar-refractivity contribution in [3.05, 3.63) is 76.7 Å². The van der Waals surface area contributed by atoms with Crippen molar-refractivity contribution in [1.29, 1.82) is 0 Å². The Balaban J connectivity index is 1.44. The molecule has 1 saturated heterocycles. The van der Waals surface area contributed by atoms with Crippen molar-refractivity contribution in [3.63, 3.8) is 0 Å². The molecular formula is C27H32N4S. The van der Waals surface area contributed by atoms with Gasteiger partial charge in [-0.3, -0.25) is 0 Å². The highest BCUT2D eigenvalue weighted by Gasteiger charge is 2.29. The maximum Gasteiger partial charge on any atom is 0.139 e. The van der Waals surface area contributed by atoms with Crippen LogP contribution in [0.1, 0.15) is 43.2 Å². The third-order valence-electron chi connectivity index (χ3n) is 6.27. The number of piperazine rings is 1. The molecule has 3 aromatic rings. The molecule has 0 amide bonds. The Morgan fingerprint density at radius 3 is 2.66 bits per heavy atom. The molecule has 32 heavy (non-hydrogen) atoms. The molecule has 5 heteroatoms. The van der Waals surface area contributed by atoms with Crippen LogP contribution < -0.4 is 10.6 Å². The highest BCUT2D eigenvalue weighted by atomic mass is 32.1. The standard InChI is InChI=1S/C27H32N4S/c1-27(2,3)24-17-21-25(29-22-11-7-8-12-23(22)30-26(21)32-24)31-16-15-28-20(18-31)14-13-19-9-5-4-6-10-19/h4-12,17,20,28,30H,13-16,18H2,1-3H3. The Morgan fingerprint density at radius 2 is 1.84 bits per heavy atom. The summed E-state index contributed by atoms with van der Waals surface area (Å²) in [5.74, 6) is 1.11. The first-order valence-corrected chi connectivity index (χ1v) is 12.4. The number of nitrogens with one attached hydrogen (secondary N) is 2. The summed E-state index contributed by atoms with van der Waals surface area (Å²) in [7, 11) is 0. The van der Waals surface area contributed by atoms with E-state index in [1.807, 2.05) is 11.3 Å². The van der Waals surface area contributed by atoms with Crippen LogP contribution in [0.5, 0.6) is 0 Å². The number of rotatable bonds is 3. The third kappa shape index (κ3) is 4.45. The van der Waals surface area contributed by atoms with Gasteiger partial charge in [0.25, 0.3) is 0 Å². The predicted molar refractivity (Wildman–Crippen MR) is 137 cm³/mol. The van der Waals surface area contributed by atoms with Gasteiger partial charge in [-0.2, -0.15) is 0 Å². The molecule has 2 aromatic carbocycles. The first-order chi connectivity index (χ1) is 15.5. The van der Waals surface area contributed by atoms with Gasteiger partial charge in [0.05, 0.1) is 16.9 Å². The molecule has 1 unspecified atom stereocenters. The van der Waals surface area contributed by atoms with E-state index in [1.165, 1.54) is 21.0 Å². The molecule has 2 N–H and O–H groups in total. The largest absolute Gasteiger partial charge is 0.353 e. The first-order valence-electron chi connectivity index (χ1n) is 11.6. The van der Waals surface area contributed by atoms with Crippen LogP contribution in [0.2, 0.25) is 0 Å². The zero-order valence-electron chi connectivity index (χ0n) is 19.2. The first kappa shape index (κ1) is 21.2. The van der Waals surface area contributed by atoms with Gasteiger partial charge < -0.3 is 15.5 Å². The lowest BCUT2D eigenvalue weighted by atomic mass is 9.94. The zero-order chi connectivity index (χ0) is 22.1. The molecule has 0 spiro atoms. The summed E-state index contributed by atoms with van der Waals surface area (Å²) < 4.78 is 0. The highest BCUT2D eigenvalue weighted by molar-refractivity contribution is 7.16. The number of anilines is 2. The number of nitrogens with zero attached hydrogens (tertiary/aromatic N) is 2. The number of aryl methyl sites for hydroxylation is 1. The van der Waals surface area contributed by atoms with E-state index in [9.17, 15) is 0 Å². The van der Waals surface area contributed by atoms with Gasteiger partial charge in [0.1, 0.15) is 10.8 Å². The average molecular weight is 445 g/mol. The van der Waals surface area contributed by atoms with Crippen LogP contribution in [0.4, 0.5) is 16.4 Å². The third-order valence-corrected chi connectivity index (χ3v) is 7.75. The highest BCUT2D eigenvalue weighted by Crippen LogP contribution is 2.42. The van der Waals surface area contributed by atoms with E-state index in [0.29, 0.717) is 6.04 Å². The summed E-state index contributed by atoms with van der Waals surface area (Å²) in [4.78, 5) is 9.09. The molecule has 1 atom stereocenters.